The number of fused-ring (bicyclic) bond motifs is 1. The van der Waals surface area contributed by atoms with Crippen LogP contribution in [0.5, 0.6) is 5.75 Å². The maximum atomic E-state index is 13.9. The van der Waals surface area contributed by atoms with E-state index in [2.05, 4.69) is 0 Å². The molecule has 0 saturated carbocycles. The average Bonchev–Trinajstić information content (AvgIpc) is 2.02. The molecule has 0 spiro atoms. The van der Waals surface area contributed by atoms with Crippen molar-refractivity contribution in [2.45, 2.75) is 19.0 Å². The fourth-order valence-electron chi connectivity index (χ4n) is 1.53. The van der Waals surface area contributed by atoms with Crippen LogP contribution in [-0.4, -0.2) is 6.61 Å². The molecule has 0 radical (unpaired) electrons. The number of rotatable bonds is 0. The van der Waals surface area contributed by atoms with E-state index in [0.717, 1.165) is 0 Å². The number of halogens is 2. The van der Waals surface area contributed by atoms with E-state index in [1.807, 2.05) is 0 Å². The van der Waals surface area contributed by atoms with E-state index in [4.69, 9.17) is 16.3 Å². The van der Waals surface area contributed by atoms with E-state index in [1.165, 1.54) is 0 Å². The molecule has 3 heteroatoms. The summed E-state index contributed by atoms with van der Waals surface area (Å²) in [6.45, 7) is 1.99. The molecule has 0 aromatic heterocycles. The molecular formula is C10H10ClFO. The van der Waals surface area contributed by atoms with E-state index in [0.29, 0.717) is 29.4 Å². The highest BCUT2D eigenvalue weighted by Crippen LogP contribution is 2.40. The second kappa shape index (κ2) is 2.88. The fourth-order valence-corrected chi connectivity index (χ4v) is 1.70. The van der Waals surface area contributed by atoms with E-state index in [1.54, 1.807) is 25.1 Å². The van der Waals surface area contributed by atoms with Crippen LogP contribution in [0.2, 0.25) is 5.02 Å². The van der Waals surface area contributed by atoms with Gasteiger partial charge in [0.05, 0.1) is 6.61 Å². The van der Waals surface area contributed by atoms with Gasteiger partial charge in [-0.15, -0.1) is 0 Å². The van der Waals surface area contributed by atoms with Gasteiger partial charge in [0.15, 0.2) is 0 Å². The maximum Gasteiger partial charge on any atom is 0.140 e. The molecule has 0 aliphatic carbocycles. The molecule has 0 fully saturated rings. The first kappa shape index (κ1) is 8.82. The lowest BCUT2D eigenvalue weighted by molar-refractivity contribution is 0.110. The summed E-state index contributed by atoms with van der Waals surface area (Å²) in [5, 5.41) is 0.580. The second-order valence-corrected chi connectivity index (χ2v) is 3.87. The minimum atomic E-state index is -1.28. The average molecular weight is 201 g/mol. The van der Waals surface area contributed by atoms with Crippen molar-refractivity contribution in [1.29, 1.82) is 0 Å². The normalized spacial score (nSPS) is 26.4. The van der Waals surface area contributed by atoms with Crippen LogP contribution in [-0.2, 0) is 5.67 Å². The molecule has 1 heterocycles. The Morgan fingerprint density at radius 3 is 3.08 bits per heavy atom. The quantitative estimate of drug-likeness (QED) is 0.625. The van der Waals surface area contributed by atoms with Crippen LogP contribution in [0.25, 0.3) is 0 Å². The third kappa shape index (κ3) is 1.51. The summed E-state index contributed by atoms with van der Waals surface area (Å²) in [6, 6.07) is 5.04. The molecular weight excluding hydrogens is 191 g/mol. The first-order valence-corrected chi connectivity index (χ1v) is 4.59. The first-order chi connectivity index (χ1) is 6.09. The molecule has 1 nitrogen and oxygen atoms in total. The largest absolute Gasteiger partial charge is 0.493 e. The van der Waals surface area contributed by atoms with Crippen LogP contribution in [0.15, 0.2) is 18.2 Å². The number of hydrogen-bond acceptors (Lipinski definition) is 1. The molecule has 1 aliphatic rings. The molecule has 2 rings (SSSR count). The molecule has 0 saturated heterocycles. The molecule has 1 aliphatic heterocycles. The Morgan fingerprint density at radius 1 is 1.54 bits per heavy atom. The van der Waals surface area contributed by atoms with Crippen molar-refractivity contribution in [3.05, 3.63) is 28.8 Å². The standard InChI is InChI=1S/C10H10ClFO/c1-10(12)4-5-13-9-6-7(11)2-3-8(9)10/h2-3,6H,4-5H2,1H3. The molecule has 1 aromatic rings. The van der Waals surface area contributed by atoms with Crippen LogP contribution in [0, 0.1) is 0 Å². The molecule has 1 atom stereocenters. The number of alkyl halides is 1. The summed E-state index contributed by atoms with van der Waals surface area (Å²) in [6.07, 6.45) is 0.404. The van der Waals surface area contributed by atoms with Crippen molar-refractivity contribution < 1.29 is 9.13 Å². The summed E-state index contributed by atoms with van der Waals surface area (Å²) in [5.74, 6) is 0.573. The lowest BCUT2D eigenvalue weighted by atomic mass is 9.92. The van der Waals surface area contributed by atoms with Crippen molar-refractivity contribution >= 4 is 11.6 Å². The van der Waals surface area contributed by atoms with Crippen molar-refractivity contribution in [2.75, 3.05) is 6.61 Å². The Bertz CT molecular complexity index is 336. The lowest BCUT2D eigenvalue weighted by Crippen LogP contribution is -2.25. The summed E-state index contributed by atoms with van der Waals surface area (Å²) in [4.78, 5) is 0. The highest BCUT2D eigenvalue weighted by molar-refractivity contribution is 6.30. The van der Waals surface area contributed by atoms with Crippen LogP contribution < -0.4 is 4.74 Å². The van der Waals surface area contributed by atoms with Crippen LogP contribution in [0.3, 0.4) is 0 Å². The summed E-state index contributed by atoms with van der Waals surface area (Å²) in [5.41, 5.74) is -0.679. The monoisotopic (exact) mass is 200 g/mol. The van der Waals surface area contributed by atoms with Gasteiger partial charge in [0, 0.05) is 17.0 Å². The van der Waals surface area contributed by atoms with Gasteiger partial charge in [-0.2, -0.15) is 0 Å². The fraction of sp³-hybridized carbons (Fsp3) is 0.400. The van der Waals surface area contributed by atoms with Crippen LogP contribution >= 0.6 is 11.6 Å². The Balaban J connectivity index is 2.53. The van der Waals surface area contributed by atoms with Gasteiger partial charge in [0.25, 0.3) is 0 Å². The predicted molar refractivity (Wildman–Crippen MR) is 50.0 cm³/mol. The van der Waals surface area contributed by atoms with Gasteiger partial charge in [-0.25, -0.2) is 4.39 Å². The highest BCUT2D eigenvalue weighted by atomic mass is 35.5. The zero-order valence-corrected chi connectivity index (χ0v) is 8.07. The van der Waals surface area contributed by atoms with Crippen molar-refractivity contribution in [3.63, 3.8) is 0 Å². The zero-order valence-electron chi connectivity index (χ0n) is 7.31. The Hall–Kier alpha value is -0.760. The van der Waals surface area contributed by atoms with Gasteiger partial charge in [-0.1, -0.05) is 17.7 Å². The van der Waals surface area contributed by atoms with Gasteiger partial charge in [0.2, 0.25) is 0 Å². The van der Waals surface area contributed by atoms with Gasteiger partial charge in [0.1, 0.15) is 11.4 Å². The molecule has 1 aromatic carbocycles. The van der Waals surface area contributed by atoms with Crippen LogP contribution in [0.4, 0.5) is 4.39 Å². The topological polar surface area (TPSA) is 9.23 Å². The smallest absolute Gasteiger partial charge is 0.140 e. The van der Waals surface area contributed by atoms with E-state index >= 15 is 0 Å². The Labute approximate surface area is 81.5 Å². The maximum absolute atomic E-state index is 13.9. The Kier molecular flexibility index (Phi) is 1.95. The molecule has 70 valence electrons. The summed E-state index contributed by atoms with van der Waals surface area (Å²) < 4.78 is 19.2. The first-order valence-electron chi connectivity index (χ1n) is 4.21. The number of benzene rings is 1. The molecule has 1 unspecified atom stereocenters. The van der Waals surface area contributed by atoms with Crippen molar-refractivity contribution in [2.24, 2.45) is 0 Å². The van der Waals surface area contributed by atoms with Gasteiger partial charge >= 0.3 is 0 Å². The zero-order chi connectivity index (χ0) is 9.47. The van der Waals surface area contributed by atoms with E-state index in [9.17, 15) is 4.39 Å². The molecule has 0 N–H and O–H groups in total. The third-order valence-corrected chi connectivity index (χ3v) is 2.57. The van der Waals surface area contributed by atoms with Gasteiger partial charge in [-0.3, -0.25) is 0 Å². The minimum absolute atomic E-state index is 0.404. The van der Waals surface area contributed by atoms with Crippen molar-refractivity contribution in [3.8, 4) is 5.75 Å². The number of ether oxygens (including phenoxy) is 1. The number of hydrogen-bond donors (Lipinski definition) is 0. The molecule has 0 amide bonds. The lowest BCUT2D eigenvalue weighted by Gasteiger charge is -2.28. The summed E-state index contributed by atoms with van der Waals surface area (Å²) in [7, 11) is 0. The van der Waals surface area contributed by atoms with Gasteiger partial charge < -0.3 is 4.74 Å². The van der Waals surface area contributed by atoms with E-state index in [-0.39, 0.29) is 0 Å². The van der Waals surface area contributed by atoms with E-state index < -0.39 is 5.67 Å². The van der Waals surface area contributed by atoms with Crippen molar-refractivity contribution in [1.82, 2.24) is 0 Å². The SMILES string of the molecule is CC1(F)CCOc2cc(Cl)ccc21. The second-order valence-electron chi connectivity index (χ2n) is 3.44. The molecule has 13 heavy (non-hydrogen) atoms. The summed E-state index contributed by atoms with van der Waals surface area (Å²) >= 11 is 5.77. The minimum Gasteiger partial charge on any atom is -0.493 e. The predicted octanol–water partition coefficient (Wildman–Crippen LogP) is 3.31. The molecule has 0 bridgehead atoms. The third-order valence-electron chi connectivity index (χ3n) is 2.33. The van der Waals surface area contributed by atoms with Crippen LogP contribution in [0.1, 0.15) is 18.9 Å². The Morgan fingerprint density at radius 2 is 2.31 bits per heavy atom. The highest BCUT2D eigenvalue weighted by Gasteiger charge is 2.32. The van der Waals surface area contributed by atoms with Gasteiger partial charge in [-0.05, 0) is 19.1 Å².